The minimum Gasteiger partial charge on any atom is -0.394 e. The largest absolute Gasteiger partial charge is 0.394 e. The van der Waals surface area contributed by atoms with Gasteiger partial charge in [-0.25, -0.2) is 21.9 Å². The molecule has 0 amide bonds. The number of benzene rings is 1. The minimum absolute atomic E-state index is 0.0303. The summed E-state index contributed by atoms with van der Waals surface area (Å²) in [6, 6.07) is 3.40. The summed E-state index contributed by atoms with van der Waals surface area (Å²) in [4.78, 5) is -0.665. The second kappa shape index (κ2) is 5.24. The molecule has 0 saturated carbocycles. The smallest absolute Gasteiger partial charge is 0.243 e. The van der Waals surface area contributed by atoms with Crippen LogP contribution in [0.1, 0.15) is 5.56 Å². The molecule has 0 spiro atoms. The van der Waals surface area contributed by atoms with E-state index in [1.807, 2.05) is 0 Å². The predicted octanol–water partition coefficient (Wildman–Crippen LogP) is 2.09. The van der Waals surface area contributed by atoms with E-state index < -0.39 is 32.2 Å². The van der Waals surface area contributed by atoms with Gasteiger partial charge in [0, 0.05) is 6.54 Å². The van der Waals surface area contributed by atoms with Crippen molar-refractivity contribution in [2.45, 2.75) is 11.4 Å². The molecule has 0 unspecified atom stereocenters. The second-order valence-corrected chi connectivity index (χ2v) is 6.24. The fourth-order valence-electron chi connectivity index (χ4n) is 1.41. The van der Waals surface area contributed by atoms with Crippen molar-refractivity contribution in [3.63, 3.8) is 0 Å². The first-order valence-electron chi connectivity index (χ1n) is 5.16. The van der Waals surface area contributed by atoms with Crippen molar-refractivity contribution in [3.8, 4) is 0 Å². The van der Waals surface area contributed by atoms with Gasteiger partial charge in [-0.15, -0.1) is 0 Å². The average molecular weight is 304 g/mol. The third kappa shape index (κ3) is 2.91. The first kappa shape index (κ1) is 13.9. The second-order valence-electron chi connectivity index (χ2n) is 3.73. The highest BCUT2D eigenvalue weighted by Crippen LogP contribution is 2.22. The van der Waals surface area contributed by atoms with Gasteiger partial charge in [0.05, 0.1) is 0 Å². The van der Waals surface area contributed by atoms with Gasteiger partial charge >= 0.3 is 0 Å². The summed E-state index contributed by atoms with van der Waals surface area (Å²) < 4.78 is 52.6. The highest BCUT2D eigenvalue weighted by Gasteiger charge is 2.22. The van der Waals surface area contributed by atoms with Crippen LogP contribution in [0.2, 0.25) is 0 Å². The molecule has 0 radical (unpaired) electrons. The number of rotatable bonds is 4. The quantitative estimate of drug-likeness (QED) is 0.850. The van der Waals surface area contributed by atoms with Gasteiger partial charge in [0.25, 0.3) is 0 Å². The molecule has 3 N–H and O–H groups in total. The van der Waals surface area contributed by atoms with Crippen molar-refractivity contribution in [2.75, 3.05) is 5.73 Å². The summed E-state index contributed by atoms with van der Waals surface area (Å²) in [5, 5.41) is 3.55. The van der Waals surface area contributed by atoms with Crippen LogP contribution in [0.25, 0.3) is 0 Å². The topological polar surface area (TPSA) is 72.2 Å². The summed E-state index contributed by atoms with van der Waals surface area (Å²) in [6.07, 6.45) is 0. The number of anilines is 1. The summed E-state index contributed by atoms with van der Waals surface area (Å²) in [6.45, 7) is 0.0303. The Morgan fingerprint density at radius 3 is 2.63 bits per heavy atom. The standard InChI is InChI=1S/C11H10F2N2O2S2/c12-8-1-2-9(10(13)11(8)14)19(16,17)15-5-7-3-4-18-6-7/h1-4,6,15H,5,14H2. The molecule has 2 aromatic rings. The van der Waals surface area contributed by atoms with Gasteiger partial charge in [-0.05, 0) is 34.5 Å². The molecule has 4 nitrogen and oxygen atoms in total. The molecule has 102 valence electrons. The monoisotopic (exact) mass is 304 g/mol. The molecule has 0 aliphatic carbocycles. The lowest BCUT2D eigenvalue weighted by Crippen LogP contribution is -2.24. The van der Waals surface area contributed by atoms with Gasteiger partial charge in [0.1, 0.15) is 16.4 Å². The van der Waals surface area contributed by atoms with Crippen LogP contribution in [0.15, 0.2) is 33.9 Å². The van der Waals surface area contributed by atoms with Crippen LogP contribution in [0.3, 0.4) is 0 Å². The fourth-order valence-corrected chi connectivity index (χ4v) is 3.18. The molecule has 1 aromatic heterocycles. The number of nitrogens with two attached hydrogens (primary N) is 1. The first-order valence-corrected chi connectivity index (χ1v) is 7.58. The van der Waals surface area contributed by atoms with E-state index in [4.69, 9.17) is 5.73 Å². The van der Waals surface area contributed by atoms with Crippen molar-refractivity contribution in [1.29, 1.82) is 0 Å². The van der Waals surface area contributed by atoms with Gasteiger partial charge in [-0.2, -0.15) is 11.3 Å². The molecule has 0 bridgehead atoms. The molecule has 0 aliphatic rings. The molecule has 1 heterocycles. The number of thiophene rings is 1. The third-order valence-electron chi connectivity index (χ3n) is 2.43. The van der Waals surface area contributed by atoms with Crippen LogP contribution in [0.4, 0.5) is 14.5 Å². The van der Waals surface area contributed by atoms with Crippen LogP contribution >= 0.6 is 11.3 Å². The lowest BCUT2D eigenvalue weighted by molar-refractivity contribution is 0.548. The van der Waals surface area contributed by atoms with Gasteiger partial charge in [0.2, 0.25) is 10.0 Å². The number of halogens is 2. The van der Waals surface area contributed by atoms with E-state index in [2.05, 4.69) is 4.72 Å². The van der Waals surface area contributed by atoms with Gasteiger partial charge in [-0.1, -0.05) is 0 Å². The number of nitrogen functional groups attached to an aromatic ring is 1. The SMILES string of the molecule is Nc1c(F)ccc(S(=O)(=O)NCc2ccsc2)c1F. The maximum Gasteiger partial charge on any atom is 0.243 e. The Hall–Kier alpha value is -1.51. The fraction of sp³-hybridized carbons (Fsp3) is 0.0909. The zero-order valence-electron chi connectivity index (χ0n) is 9.56. The van der Waals surface area contributed by atoms with E-state index in [0.29, 0.717) is 0 Å². The van der Waals surface area contributed by atoms with Crippen LogP contribution < -0.4 is 10.5 Å². The van der Waals surface area contributed by atoms with Crippen molar-refractivity contribution < 1.29 is 17.2 Å². The molecule has 0 aliphatic heterocycles. The minimum atomic E-state index is -4.07. The maximum atomic E-state index is 13.6. The highest BCUT2D eigenvalue weighted by atomic mass is 32.2. The molecular weight excluding hydrogens is 294 g/mol. The summed E-state index contributed by atoms with van der Waals surface area (Å²) in [7, 11) is -4.07. The van der Waals surface area contributed by atoms with Crippen molar-refractivity contribution in [3.05, 3.63) is 46.2 Å². The molecule has 0 fully saturated rings. The van der Waals surface area contributed by atoms with E-state index in [-0.39, 0.29) is 6.54 Å². The van der Waals surface area contributed by atoms with Gasteiger partial charge < -0.3 is 5.73 Å². The number of nitrogens with one attached hydrogen (secondary N) is 1. The van der Waals surface area contributed by atoms with E-state index >= 15 is 0 Å². The lowest BCUT2D eigenvalue weighted by Gasteiger charge is -2.08. The molecule has 1 aromatic carbocycles. The predicted molar refractivity (Wildman–Crippen MR) is 69.1 cm³/mol. The molecular formula is C11H10F2N2O2S2. The third-order valence-corrected chi connectivity index (χ3v) is 4.58. The number of hydrogen-bond donors (Lipinski definition) is 2. The van der Waals surface area contributed by atoms with E-state index in [1.54, 1.807) is 16.8 Å². The van der Waals surface area contributed by atoms with Crippen molar-refractivity contribution in [1.82, 2.24) is 4.72 Å². The Bertz CT molecular complexity index is 685. The Kier molecular flexibility index (Phi) is 3.83. The van der Waals surface area contributed by atoms with Gasteiger partial charge in [-0.3, -0.25) is 0 Å². The maximum absolute atomic E-state index is 13.6. The van der Waals surface area contributed by atoms with Crippen LogP contribution in [-0.2, 0) is 16.6 Å². The molecule has 2 rings (SSSR count). The van der Waals surface area contributed by atoms with E-state index in [1.165, 1.54) is 11.3 Å². The summed E-state index contributed by atoms with van der Waals surface area (Å²) in [5.41, 5.74) is 5.08. The van der Waals surface area contributed by atoms with Crippen LogP contribution in [0, 0.1) is 11.6 Å². The lowest BCUT2D eigenvalue weighted by atomic mass is 10.3. The Labute approximate surface area is 112 Å². The molecule has 0 atom stereocenters. The highest BCUT2D eigenvalue weighted by molar-refractivity contribution is 7.89. The molecule has 19 heavy (non-hydrogen) atoms. The molecule has 8 heteroatoms. The van der Waals surface area contributed by atoms with Crippen molar-refractivity contribution >= 4 is 27.0 Å². The zero-order valence-corrected chi connectivity index (χ0v) is 11.2. The summed E-state index contributed by atoms with van der Waals surface area (Å²) in [5.74, 6) is -2.27. The first-order chi connectivity index (χ1) is 8.92. The van der Waals surface area contributed by atoms with Crippen LogP contribution in [-0.4, -0.2) is 8.42 Å². The Balaban J connectivity index is 2.27. The van der Waals surface area contributed by atoms with Crippen LogP contribution in [0.5, 0.6) is 0 Å². The van der Waals surface area contributed by atoms with E-state index in [0.717, 1.165) is 17.7 Å². The normalized spacial score (nSPS) is 11.7. The summed E-state index contributed by atoms with van der Waals surface area (Å²) >= 11 is 1.42. The van der Waals surface area contributed by atoms with Gasteiger partial charge in [0.15, 0.2) is 5.82 Å². The van der Waals surface area contributed by atoms with E-state index in [9.17, 15) is 17.2 Å². The number of hydrogen-bond acceptors (Lipinski definition) is 4. The number of sulfonamides is 1. The zero-order chi connectivity index (χ0) is 14.0. The van der Waals surface area contributed by atoms with Crippen molar-refractivity contribution in [2.24, 2.45) is 0 Å². The average Bonchev–Trinajstić information content (AvgIpc) is 2.86. The Morgan fingerprint density at radius 1 is 1.26 bits per heavy atom. The molecule has 0 saturated heterocycles. The Morgan fingerprint density at radius 2 is 2.00 bits per heavy atom.